The lowest BCUT2D eigenvalue weighted by atomic mass is 9.89. The van der Waals surface area contributed by atoms with Crippen molar-refractivity contribution in [2.24, 2.45) is 4.99 Å². The predicted molar refractivity (Wildman–Crippen MR) is 151 cm³/mol. The van der Waals surface area contributed by atoms with Crippen LogP contribution in [-0.4, -0.2) is 38.8 Å². The van der Waals surface area contributed by atoms with E-state index in [0.29, 0.717) is 49.2 Å². The van der Waals surface area contributed by atoms with Crippen molar-refractivity contribution in [1.82, 2.24) is 4.57 Å². The standard InChI is InChI=1S/C30H28N2O6S/c1-16-25(17(2)33)27(26-20-10-8-7-9-19(20)11-12-21(26)35-3)32-29(34)24(39-30(32)31-16)15-18-13-22(36-4)28(38-6)23(14-18)37-5/h7-15,27H,1-6H3/b24-15+/t27-/m1/s1. The zero-order chi connectivity index (χ0) is 27.8. The molecule has 0 saturated heterocycles. The second-order valence-corrected chi connectivity index (χ2v) is 10.0. The second kappa shape index (κ2) is 10.4. The van der Waals surface area contributed by atoms with Gasteiger partial charge in [0.1, 0.15) is 5.75 Å². The first-order valence-corrected chi connectivity index (χ1v) is 13.0. The van der Waals surface area contributed by atoms with Gasteiger partial charge in [-0.15, -0.1) is 0 Å². The predicted octanol–water partition coefficient (Wildman–Crippen LogP) is 4.01. The quantitative estimate of drug-likeness (QED) is 0.349. The number of fused-ring (bicyclic) bond motifs is 2. The van der Waals surface area contributed by atoms with Gasteiger partial charge in [-0.2, -0.15) is 0 Å². The number of aromatic nitrogens is 1. The fourth-order valence-electron chi connectivity index (χ4n) is 5.12. The summed E-state index contributed by atoms with van der Waals surface area (Å²) in [5, 5.41) is 1.87. The van der Waals surface area contributed by atoms with Crippen molar-refractivity contribution in [2.75, 3.05) is 28.4 Å². The molecular formula is C30H28N2O6S. The number of Topliss-reactive ketones (excluding diaryl/α,β-unsaturated/α-hetero) is 1. The molecule has 9 heteroatoms. The van der Waals surface area contributed by atoms with Crippen LogP contribution >= 0.6 is 11.3 Å². The molecule has 39 heavy (non-hydrogen) atoms. The van der Waals surface area contributed by atoms with E-state index in [4.69, 9.17) is 18.9 Å². The highest BCUT2D eigenvalue weighted by atomic mass is 32.1. The second-order valence-electron chi connectivity index (χ2n) is 9.00. The first-order valence-electron chi connectivity index (χ1n) is 12.2. The number of carbonyl (C=O) groups is 1. The maximum absolute atomic E-state index is 14.1. The minimum absolute atomic E-state index is 0.157. The molecule has 1 aliphatic rings. The summed E-state index contributed by atoms with van der Waals surface area (Å²) in [7, 11) is 6.21. The minimum atomic E-state index is -0.707. The third-order valence-corrected chi connectivity index (χ3v) is 7.79. The molecule has 1 aliphatic heterocycles. The van der Waals surface area contributed by atoms with Crippen LogP contribution in [0.4, 0.5) is 0 Å². The van der Waals surface area contributed by atoms with Crippen LogP contribution in [0.3, 0.4) is 0 Å². The molecule has 0 fully saturated rings. The number of benzene rings is 3. The fraction of sp³-hybridized carbons (Fsp3) is 0.233. The molecule has 5 rings (SSSR count). The number of allylic oxidation sites excluding steroid dienone is 2. The first-order chi connectivity index (χ1) is 18.8. The highest BCUT2D eigenvalue weighted by Gasteiger charge is 2.33. The van der Waals surface area contributed by atoms with Crippen LogP contribution in [0.5, 0.6) is 23.0 Å². The molecule has 0 amide bonds. The molecule has 8 nitrogen and oxygen atoms in total. The number of thiazole rings is 1. The Morgan fingerprint density at radius 2 is 1.62 bits per heavy atom. The molecule has 0 spiro atoms. The largest absolute Gasteiger partial charge is 0.496 e. The zero-order valence-electron chi connectivity index (χ0n) is 22.5. The Balaban J connectivity index is 1.82. The molecule has 0 bridgehead atoms. The van der Waals surface area contributed by atoms with E-state index in [2.05, 4.69) is 4.99 Å². The molecule has 1 aromatic heterocycles. The number of nitrogens with zero attached hydrogens (tertiary/aromatic N) is 2. The Morgan fingerprint density at radius 1 is 0.949 bits per heavy atom. The molecule has 0 unspecified atom stereocenters. The van der Waals surface area contributed by atoms with E-state index < -0.39 is 6.04 Å². The Kier molecular flexibility index (Phi) is 7.01. The number of ether oxygens (including phenoxy) is 4. The van der Waals surface area contributed by atoms with Gasteiger partial charge < -0.3 is 18.9 Å². The molecule has 0 saturated carbocycles. The molecule has 200 valence electrons. The molecule has 0 radical (unpaired) electrons. The van der Waals surface area contributed by atoms with E-state index in [1.54, 1.807) is 51.0 Å². The third kappa shape index (κ3) is 4.38. The summed E-state index contributed by atoms with van der Waals surface area (Å²) in [4.78, 5) is 32.3. The van der Waals surface area contributed by atoms with E-state index in [1.165, 1.54) is 25.4 Å². The SMILES string of the molecule is COc1cc(/C=c2/sc3n(c2=O)[C@@H](c2c(OC)ccc4ccccc24)C(C(C)=O)=C(C)N=3)cc(OC)c1OC. The number of hydrogen-bond acceptors (Lipinski definition) is 8. The lowest BCUT2D eigenvalue weighted by molar-refractivity contribution is -0.114. The van der Waals surface area contributed by atoms with Crippen molar-refractivity contribution < 1.29 is 23.7 Å². The average Bonchev–Trinajstić information content (AvgIpc) is 3.24. The number of ketones is 1. The molecule has 0 N–H and O–H groups in total. The number of rotatable bonds is 7. The van der Waals surface area contributed by atoms with Crippen molar-refractivity contribution in [3.63, 3.8) is 0 Å². The highest BCUT2D eigenvalue weighted by molar-refractivity contribution is 7.07. The Morgan fingerprint density at radius 3 is 2.23 bits per heavy atom. The molecule has 4 aromatic rings. The summed E-state index contributed by atoms with van der Waals surface area (Å²) in [6.45, 7) is 3.31. The van der Waals surface area contributed by atoms with Crippen LogP contribution in [0.1, 0.15) is 31.0 Å². The molecule has 2 heterocycles. The number of carbonyl (C=O) groups excluding carboxylic acids is 1. The van der Waals surface area contributed by atoms with Gasteiger partial charge in [0.25, 0.3) is 5.56 Å². The van der Waals surface area contributed by atoms with Gasteiger partial charge in [0, 0.05) is 16.8 Å². The van der Waals surface area contributed by atoms with Crippen LogP contribution < -0.4 is 33.8 Å². The summed E-state index contributed by atoms with van der Waals surface area (Å²) in [5.74, 6) is 1.85. The van der Waals surface area contributed by atoms with Crippen molar-refractivity contribution in [1.29, 1.82) is 0 Å². The lowest BCUT2D eigenvalue weighted by Crippen LogP contribution is -2.39. The van der Waals surface area contributed by atoms with Crippen molar-refractivity contribution in [2.45, 2.75) is 19.9 Å². The van der Waals surface area contributed by atoms with Crippen molar-refractivity contribution >= 4 is 34.0 Å². The fourth-order valence-corrected chi connectivity index (χ4v) is 6.16. The van der Waals surface area contributed by atoms with Gasteiger partial charge in [-0.3, -0.25) is 14.2 Å². The normalized spacial score (nSPS) is 15.1. The Hall–Kier alpha value is -4.37. The van der Waals surface area contributed by atoms with E-state index in [0.717, 1.165) is 16.3 Å². The maximum Gasteiger partial charge on any atom is 0.271 e. The lowest BCUT2D eigenvalue weighted by Gasteiger charge is -2.27. The molecule has 3 aromatic carbocycles. The summed E-state index contributed by atoms with van der Waals surface area (Å²) in [6.07, 6.45) is 1.76. The zero-order valence-corrected chi connectivity index (χ0v) is 23.3. The molecular weight excluding hydrogens is 516 g/mol. The van der Waals surface area contributed by atoms with E-state index >= 15 is 0 Å². The summed E-state index contributed by atoms with van der Waals surface area (Å²) < 4.78 is 24.2. The van der Waals surface area contributed by atoms with Crippen LogP contribution in [-0.2, 0) is 4.79 Å². The van der Waals surface area contributed by atoms with Crippen LogP contribution in [0.2, 0.25) is 0 Å². The van der Waals surface area contributed by atoms with Crippen molar-refractivity contribution in [3.8, 4) is 23.0 Å². The van der Waals surface area contributed by atoms with Gasteiger partial charge in [-0.05, 0) is 54.5 Å². The summed E-state index contributed by atoms with van der Waals surface area (Å²) in [6, 6.07) is 14.5. The van der Waals surface area contributed by atoms with Crippen LogP contribution in [0.15, 0.2) is 69.6 Å². The Bertz CT molecular complexity index is 1810. The minimum Gasteiger partial charge on any atom is -0.496 e. The van der Waals surface area contributed by atoms with E-state index in [1.807, 2.05) is 36.4 Å². The van der Waals surface area contributed by atoms with Gasteiger partial charge in [0.2, 0.25) is 5.75 Å². The smallest absolute Gasteiger partial charge is 0.271 e. The van der Waals surface area contributed by atoms with Gasteiger partial charge in [-0.1, -0.05) is 41.7 Å². The molecule has 1 atom stereocenters. The third-order valence-electron chi connectivity index (χ3n) is 6.81. The van der Waals surface area contributed by atoms with E-state index in [9.17, 15) is 9.59 Å². The van der Waals surface area contributed by atoms with E-state index in [-0.39, 0.29) is 11.3 Å². The number of hydrogen-bond donors (Lipinski definition) is 0. The van der Waals surface area contributed by atoms with Gasteiger partial charge in [0.05, 0.1) is 39.0 Å². The number of methoxy groups -OCH3 is 4. The summed E-state index contributed by atoms with van der Waals surface area (Å²) in [5.41, 5.74) is 2.20. The van der Waals surface area contributed by atoms with Crippen LogP contribution in [0, 0.1) is 0 Å². The van der Waals surface area contributed by atoms with Crippen molar-refractivity contribution in [3.05, 3.63) is 90.6 Å². The average molecular weight is 545 g/mol. The van der Waals surface area contributed by atoms with Gasteiger partial charge >= 0.3 is 0 Å². The Labute approximate surface area is 229 Å². The monoisotopic (exact) mass is 544 g/mol. The van der Waals surface area contributed by atoms with Gasteiger partial charge in [0.15, 0.2) is 22.1 Å². The maximum atomic E-state index is 14.1. The topological polar surface area (TPSA) is 88.4 Å². The molecule has 0 aliphatic carbocycles. The summed E-state index contributed by atoms with van der Waals surface area (Å²) >= 11 is 1.26. The highest BCUT2D eigenvalue weighted by Crippen LogP contribution is 2.40. The first kappa shape index (κ1) is 26.2. The van der Waals surface area contributed by atoms with Gasteiger partial charge in [-0.25, -0.2) is 4.99 Å². The van der Waals surface area contributed by atoms with Crippen LogP contribution in [0.25, 0.3) is 16.8 Å².